The summed E-state index contributed by atoms with van der Waals surface area (Å²) in [6.45, 7) is 7.57. The SMILES string of the molecule is CN1CCCS/C1=N/C(=C(/Br)C=O)c1ccc(C(C)(C)C)cc1. The van der Waals surface area contributed by atoms with Gasteiger partial charge in [-0.3, -0.25) is 4.79 Å². The van der Waals surface area contributed by atoms with Gasteiger partial charge in [-0.05, 0) is 33.3 Å². The van der Waals surface area contributed by atoms with Gasteiger partial charge in [-0.1, -0.05) is 56.8 Å². The molecule has 0 unspecified atom stereocenters. The molecule has 23 heavy (non-hydrogen) atoms. The lowest BCUT2D eigenvalue weighted by atomic mass is 9.86. The molecule has 3 nitrogen and oxygen atoms in total. The lowest BCUT2D eigenvalue weighted by Gasteiger charge is -2.25. The minimum absolute atomic E-state index is 0.107. The van der Waals surface area contributed by atoms with Crippen LogP contribution < -0.4 is 0 Å². The van der Waals surface area contributed by atoms with Crippen molar-refractivity contribution >= 4 is 44.8 Å². The van der Waals surface area contributed by atoms with Gasteiger partial charge in [0.05, 0.1) is 10.2 Å². The van der Waals surface area contributed by atoms with Crippen molar-refractivity contribution in [2.45, 2.75) is 32.6 Å². The molecule has 1 aromatic carbocycles. The number of thioether (sulfide) groups is 1. The number of hydrogen-bond donors (Lipinski definition) is 0. The lowest BCUT2D eigenvalue weighted by molar-refractivity contribution is -0.104. The number of carbonyl (C=O) groups excluding carboxylic acids is 1. The van der Waals surface area contributed by atoms with Gasteiger partial charge in [0.25, 0.3) is 0 Å². The van der Waals surface area contributed by atoms with Crippen LogP contribution in [0.15, 0.2) is 33.7 Å². The fourth-order valence-corrected chi connectivity index (χ4v) is 3.57. The molecule has 1 saturated heterocycles. The van der Waals surface area contributed by atoms with E-state index in [1.807, 2.05) is 19.2 Å². The Bertz CT molecular complexity index is 629. The molecule has 0 saturated carbocycles. The molecule has 1 aliphatic rings. The molecular formula is C18H23BrN2OS. The molecule has 0 bridgehead atoms. The number of allylic oxidation sites excluding steroid dienone is 1. The molecule has 2 rings (SSSR count). The molecule has 0 aromatic heterocycles. The summed E-state index contributed by atoms with van der Waals surface area (Å²) in [5, 5.41) is 0.963. The molecule has 0 atom stereocenters. The van der Waals surface area contributed by atoms with Crippen LogP contribution in [-0.4, -0.2) is 35.7 Å². The smallest absolute Gasteiger partial charge is 0.164 e. The Balaban J connectivity index is 2.41. The number of carbonyl (C=O) groups is 1. The van der Waals surface area contributed by atoms with Gasteiger partial charge in [0, 0.05) is 24.9 Å². The summed E-state index contributed by atoms with van der Waals surface area (Å²) in [4.78, 5) is 18.2. The Kier molecular flexibility index (Phi) is 6.09. The summed E-state index contributed by atoms with van der Waals surface area (Å²) >= 11 is 5.10. The summed E-state index contributed by atoms with van der Waals surface area (Å²) in [7, 11) is 2.04. The highest BCUT2D eigenvalue weighted by Gasteiger charge is 2.17. The van der Waals surface area contributed by atoms with Crippen LogP contribution in [0.3, 0.4) is 0 Å². The number of nitrogens with zero attached hydrogens (tertiary/aromatic N) is 2. The summed E-state index contributed by atoms with van der Waals surface area (Å²) < 4.78 is 0.480. The first kappa shape index (κ1) is 18.3. The van der Waals surface area contributed by atoms with Gasteiger partial charge in [0.1, 0.15) is 0 Å². The predicted octanol–water partition coefficient (Wildman–Crippen LogP) is 4.67. The van der Waals surface area contributed by atoms with Crippen LogP contribution in [-0.2, 0) is 10.2 Å². The third kappa shape index (κ3) is 4.70. The third-order valence-electron chi connectivity index (χ3n) is 3.76. The van der Waals surface area contributed by atoms with E-state index in [0.717, 1.165) is 35.7 Å². The third-order valence-corrected chi connectivity index (χ3v) is 5.47. The van der Waals surface area contributed by atoms with E-state index in [4.69, 9.17) is 4.99 Å². The minimum atomic E-state index is 0.107. The van der Waals surface area contributed by atoms with Crippen LogP contribution in [0.25, 0.3) is 5.70 Å². The normalized spacial score (nSPS) is 18.8. The summed E-state index contributed by atoms with van der Waals surface area (Å²) in [6, 6.07) is 8.30. The van der Waals surface area contributed by atoms with Crippen molar-refractivity contribution in [3.8, 4) is 0 Å². The van der Waals surface area contributed by atoms with Crippen molar-refractivity contribution in [3.63, 3.8) is 0 Å². The molecule has 0 N–H and O–H groups in total. The van der Waals surface area contributed by atoms with E-state index in [2.05, 4.69) is 53.7 Å². The average molecular weight is 395 g/mol. The standard InChI is InChI=1S/C18H23BrN2OS/c1-18(2,3)14-8-6-13(7-9-14)16(15(19)12-22)20-17-21(4)10-5-11-23-17/h6-9,12H,5,10-11H2,1-4H3/b16-15+,20-17+. The molecule has 1 aromatic rings. The molecule has 0 radical (unpaired) electrons. The van der Waals surface area contributed by atoms with Gasteiger partial charge in [-0.15, -0.1) is 0 Å². The summed E-state index contributed by atoms with van der Waals surface area (Å²) in [6.07, 6.45) is 1.97. The van der Waals surface area contributed by atoms with E-state index in [1.54, 1.807) is 11.8 Å². The number of hydrogen-bond acceptors (Lipinski definition) is 3. The van der Waals surface area contributed by atoms with Crippen molar-refractivity contribution in [2.75, 3.05) is 19.3 Å². The second-order valence-electron chi connectivity index (χ2n) is 6.66. The highest BCUT2D eigenvalue weighted by Crippen LogP contribution is 2.29. The van der Waals surface area contributed by atoms with Crippen LogP contribution in [0, 0.1) is 0 Å². The van der Waals surface area contributed by atoms with Crippen LogP contribution in [0.5, 0.6) is 0 Å². The number of aldehydes is 1. The molecule has 5 heteroatoms. The van der Waals surface area contributed by atoms with E-state index >= 15 is 0 Å². The number of amidine groups is 1. The van der Waals surface area contributed by atoms with E-state index < -0.39 is 0 Å². The summed E-state index contributed by atoms with van der Waals surface area (Å²) in [5.74, 6) is 1.07. The van der Waals surface area contributed by atoms with Gasteiger partial charge in [-0.25, -0.2) is 4.99 Å². The van der Waals surface area contributed by atoms with Gasteiger partial charge in [-0.2, -0.15) is 0 Å². The zero-order chi connectivity index (χ0) is 17.0. The van der Waals surface area contributed by atoms with E-state index in [-0.39, 0.29) is 5.41 Å². The number of halogens is 1. The second-order valence-corrected chi connectivity index (χ2v) is 8.58. The molecule has 1 aliphatic heterocycles. The maximum atomic E-state index is 11.3. The Hall–Kier alpha value is -1.07. The molecule has 0 aliphatic carbocycles. The Labute approximate surface area is 151 Å². The second kappa shape index (κ2) is 7.67. The van der Waals surface area contributed by atoms with Crippen LogP contribution >= 0.6 is 27.7 Å². The first-order chi connectivity index (χ1) is 10.8. The van der Waals surface area contributed by atoms with Crippen molar-refractivity contribution in [1.29, 1.82) is 0 Å². The highest BCUT2D eigenvalue weighted by molar-refractivity contribution is 9.12. The zero-order valence-corrected chi connectivity index (χ0v) is 16.5. The molecule has 1 heterocycles. The summed E-state index contributed by atoms with van der Waals surface area (Å²) in [5.41, 5.74) is 3.01. The Morgan fingerprint density at radius 1 is 1.30 bits per heavy atom. The molecule has 0 amide bonds. The van der Waals surface area contributed by atoms with Crippen molar-refractivity contribution in [3.05, 3.63) is 39.9 Å². The van der Waals surface area contributed by atoms with Gasteiger partial charge >= 0.3 is 0 Å². The molecule has 1 fully saturated rings. The number of rotatable bonds is 3. The minimum Gasteiger partial charge on any atom is -0.354 e. The first-order valence-electron chi connectivity index (χ1n) is 7.71. The molecular weight excluding hydrogens is 372 g/mol. The van der Waals surface area contributed by atoms with E-state index in [1.165, 1.54) is 5.56 Å². The fraction of sp³-hybridized carbons (Fsp3) is 0.444. The maximum absolute atomic E-state index is 11.3. The topological polar surface area (TPSA) is 32.7 Å². The lowest BCUT2D eigenvalue weighted by Crippen LogP contribution is -2.30. The molecule has 0 spiro atoms. The fourth-order valence-electron chi connectivity index (χ4n) is 2.32. The van der Waals surface area contributed by atoms with Crippen LogP contribution in [0.1, 0.15) is 38.3 Å². The Morgan fingerprint density at radius 3 is 2.48 bits per heavy atom. The quantitative estimate of drug-likeness (QED) is 0.551. The van der Waals surface area contributed by atoms with Gasteiger partial charge in [0.2, 0.25) is 0 Å². The highest BCUT2D eigenvalue weighted by atomic mass is 79.9. The first-order valence-corrected chi connectivity index (χ1v) is 9.49. The largest absolute Gasteiger partial charge is 0.354 e. The predicted molar refractivity (Wildman–Crippen MR) is 104 cm³/mol. The number of aliphatic imine (C=N–C) groups is 1. The van der Waals surface area contributed by atoms with Gasteiger partial charge < -0.3 is 4.90 Å². The van der Waals surface area contributed by atoms with Crippen molar-refractivity contribution in [1.82, 2.24) is 4.90 Å². The van der Waals surface area contributed by atoms with Gasteiger partial charge in [0.15, 0.2) is 11.5 Å². The van der Waals surface area contributed by atoms with Crippen molar-refractivity contribution in [2.24, 2.45) is 4.99 Å². The zero-order valence-electron chi connectivity index (χ0n) is 14.1. The maximum Gasteiger partial charge on any atom is 0.164 e. The van der Waals surface area contributed by atoms with Crippen LogP contribution in [0.4, 0.5) is 0 Å². The number of benzene rings is 1. The monoisotopic (exact) mass is 394 g/mol. The van der Waals surface area contributed by atoms with E-state index in [9.17, 15) is 4.79 Å². The van der Waals surface area contributed by atoms with Crippen LogP contribution in [0.2, 0.25) is 0 Å². The molecule has 124 valence electrons. The van der Waals surface area contributed by atoms with Crippen molar-refractivity contribution < 1.29 is 4.79 Å². The average Bonchev–Trinajstić information content (AvgIpc) is 2.53. The van der Waals surface area contributed by atoms with E-state index in [0.29, 0.717) is 10.2 Å². The Morgan fingerprint density at radius 2 is 1.96 bits per heavy atom.